The van der Waals surface area contributed by atoms with Crippen LogP contribution in [0.25, 0.3) is 10.9 Å². The van der Waals surface area contributed by atoms with Gasteiger partial charge in [0, 0.05) is 29.0 Å². The number of carbonyl (C=O) groups excluding carboxylic acids is 1. The first-order valence-corrected chi connectivity index (χ1v) is 6.32. The molecule has 0 saturated carbocycles. The SMILES string of the molecule is Cc1ccc2c(NC(=O)c3ccncc3)cccc2n1. The Bertz CT molecular complexity index is 769. The first kappa shape index (κ1) is 12.3. The number of anilines is 1. The number of nitrogens with one attached hydrogen (secondary N) is 1. The average Bonchev–Trinajstić information content (AvgIpc) is 2.48. The van der Waals surface area contributed by atoms with Gasteiger partial charge in [0.1, 0.15) is 0 Å². The third kappa shape index (κ3) is 2.36. The van der Waals surface area contributed by atoms with Gasteiger partial charge in [-0.25, -0.2) is 0 Å². The zero-order valence-corrected chi connectivity index (χ0v) is 11.0. The van der Waals surface area contributed by atoms with Crippen LogP contribution in [-0.2, 0) is 0 Å². The normalized spacial score (nSPS) is 10.4. The number of fused-ring (bicyclic) bond motifs is 1. The lowest BCUT2D eigenvalue weighted by Gasteiger charge is -2.08. The van der Waals surface area contributed by atoms with Crippen LogP contribution in [0, 0.1) is 6.92 Å². The lowest BCUT2D eigenvalue weighted by molar-refractivity contribution is 0.102. The molecule has 2 heterocycles. The molecular weight excluding hydrogens is 250 g/mol. The minimum atomic E-state index is -0.152. The minimum Gasteiger partial charge on any atom is -0.321 e. The van der Waals surface area contributed by atoms with E-state index >= 15 is 0 Å². The van der Waals surface area contributed by atoms with Crippen molar-refractivity contribution in [2.24, 2.45) is 0 Å². The van der Waals surface area contributed by atoms with Crippen LogP contribution in [0.5, 0.6) is 0 Å². The Labute approximate surface area is 116 Å². The van der Waals surface area contributed by atoms with Crippen LogP contribution in [0.4, 0.5) is 5.69 Å². The van der Waals surface area contributed by atoms with Gasteiger partial charge in [-0.1, -0.05) is 6.07 Å². The van der Waals surface area contributed by atoms with Crippen molar-refractivity contribution in [1.82, 2.24) is 9.97 Å². The van der Waals surface area contributed by atoms with Crippen molar-refractivity contribution in [3.8, 4) is 0 Å². The zero-order valence-electron chi connectivity index (χ0n) is 11.0. The average molecular weight is 263 g/mol. The van der Waals surface area contributed by atoms with E-state index in [1.165, 1.54) is 0 Å². The second-order valence-corrected chi connectivity index (χ2v) is 4.51. The van der Waals surface area contributed by atoms with Gasteiger partial charge in [-0.15, -0.1) is 0 Å². The van der Waals surface area contributed by atoms with Crippen molar-refractivity contribution in [3.05, 3.63) is 66.1 Å². The summed E-state index contributed by atoms with van der Waals surface area (Å²) in [5.41, 5.74) is 3.17. The molecule has 3 aromatic rings. The van der Waals surface area contributed by atoms with Gasteiger partial charge in [0.25, 0.3) is 5.91 Å². The third-order valence-corrected chi connectivity index (χ3v) is 3.06. The topological polar surface area (TPSA) is 54.9 Å². The van der Waals surface area contributed by atoms with E-state index in [1.54, 1.807) is 24.5 Å². The van der Waals surface area contributed by atoms with Crippen LogP contribution >= 0.6 is 0 Å². The van der Waals surface area contributed by atoms with Gasteiger partial charge in [0.2, 0.25) is 0 Å². The lowest BCUT2D eigenvalue weighted by atomic mass is 10.1. The molecule has 0 aliphatic rings. The Morgan fingerprint density at radius 3 is 2.65 bits per heavy atom. The maximum Gasteiger partial charge on any atom is 0.255 e. The maximum absolute atomic E-state index is 12.2. The third-order valence-electron chi connectivity index (χ3n) is 3.06. The van der Waals surface area contributed by atoms with Crippen molar-refractivity contribution in [1.29, 1.82) is 0 Å². The van der Waals surface area contributed by atoms with Crippen LogP contribution < -0.4 is 5.32 Å². The maximum atomic E-state index is 12.2. The summed E-state index contributed by atoms with van der Waals surface area (Å²) in [7, 11) is 0. The molecule has 0 aliphatic carbocycles. The lowest BCUT2D eigenvalue weighted by Crippen LogP contribution is -2.12. The molecule has 1 N–H and O–H groups in total. The van der Waals surface area contributed by atoms with E-state index in [0.29, 0.717) is 5.56 Å². The highest BCUT2D eigenvalue weighted by atomic mass is 16.1. The van der Waals surface area contributed by atoms with Crippen molar-refractivity contribution in [2.45, 2.75) is 6.92 Å². The summed E-state index contributed by atoms with van der Waals surface area (Å²) in [6.07, 6.45) is 3.20. The van der Waals surface area contributed by atoms with Crippen LogP contribution in [0.3, 0.4) is 0 Å². The van der Waals surface area contributed by atoms with Crippen molar-refractivity contribution in [3.63, 3.8) is 0 Å². The number of aryl methyl sites for hydroxylation is 1. The highest BCUT2D eigenvalue weighted by molar-refractivity contribution is 6.08. The molecule has 2 aromatic heterocycles. The van der Waals surface area contributed by atoms with Crippen LogP contribution in [0.1, 0.15) is 16.1 Å². The quantitative estimate of drug-likeness (QED) is 0.772. The number of amides is 1. The second-order valence-electron chi connectivity index (χ2n) is 4.51. The molecule has 0 aliphatic heterocycles. The Kier molecular flexibility index (Phi) is 3.13. The van der Waals surface area contributed by atoms with Gasteiger partial charge >= 0.3 is 0 Å². The van der Waals surface area contributed by atoms with Gasteiger partial charge in [0.15, 0.2) is 0 Å². The number of benzene rings is 1. The van der Waals surface area contributed by atoms with Gasteiger partial charge in [-0.3, -0.25) is 14.8 Å². The van der Waals surface area contributed by atoms with E-state index in [0.717, 1.165) is 22.3 Å². The van der Waals surface area contributed by atoms with E-state index in [-0.39, 0.29) is 5.91 Å². The largest absolute Gasteiger partial charge is 0.321 e. The standard InChI is InChI=1S/C16H13N3O/c1-11-5-6-13-14(18-11)3-2-4-15(13)19-16(20)12-7-9-17-10-8-12/h2-10H,1H3,(H,19,20). The summed E-state index contributed by atoms with van der Waals surface area (Å²) in [5.74, 6) is -0.152. The summed E-state index contributed by atoms with van der Waals surface area (Å²) < 4.78 is 0. The summed E-state index contributed by atoms with van der Waals surface area (Å²) in [4.78, 5) is 20.5. The molecule has 1 aromatic carbocycles. The molecule has 20 heavy (non-hydrogen) atoms. The Morgan fingerprint density at radius 2 is 1.85 bits per heavy atom. The molecule has 4 nitrogen and oxygen atoms in total. The van der Waals surface area contributed by atoms with Crippen molar-refractivity contribution < 1.29 is 4.79 Å². The number of hydrogen-bond acceptors (Lipinski definition) is 3. The molecule has 0 saturated heterocycles. The van der Waals surface area contributed by atoms with E-state index in [4.69, 9.17) is 0 Å². The summed E-state index contributed by atoms with van der Waals surface area (Å²) in [5, 5.41) is 3.84. The number of hydrogen-bond donors (Lipinski definition) is 1. The molecule has 0 spiro atoms. The summed E-state index contributed by atoms with van der Waals surface area (Å²) in [6, 6.07) is 13.0. The molecule has 0 bridgehead atoms. The van der Waals surface area contributed by atoms with E-state index in [1.807, 2.05) is 37.3 Å². The van der Waals surface area contributed by atoms with E-state index in [9.17, 15) is 4.79 Å². The predicted octanol–water partition coefficient (Wildman–Crippen LogP) is 3.19. The van der Waals surface area contributed by atoms with Gasteiger partial charge in [0.05, 0.1) is 11.2 Å². The number of rotatable bonds is 2. The molecule has 4 heteroatoms. The number of carbonyl (C=O) groups is 1. The molecule has 3 rings (SSSR count). The minimum absolute atomic E-state index is 0.152. The zero-order chi connectivity index (χ0) is 13.9. The molecular formula is C16H13N3O. The van der Waals surface area contributed by atoms with Crippen LogP contribution in [-0.4, -0.2) is 15.9 Å². The summed E-state index contributed by atoms with van der Waals surface area (Å²) >= 11 is 0. The predicted molar refractivity (Wildman–Crippen MR) is 78.7 cm³/mol. The smallest absolute Gasteiger partial charge is 0.255 e. The summed E-state index contributed by atoms with van der Waals surface area (Å²) in [6.45, 7) is 1.95. The van der Waals surface area contributed by atoms with Gasteiger partial charge in [-0.05, 0) is 43.3 Å². The van der Waals surface area contributed by atoms with Gasteiger partial charge < -0.3 is 5.32 Å². The molecule has 98 valence electrons. The van der Waals surface area contributed by atoms with E-state index < -0.39 is 0 Å². The fourth-order valence-electron chi connectivity index (χ4n) is 2.06. The first-order chi connectivity index (χ1) is 9.74. The number of pyridine rings is 2. The number of nitrogens with zero attached hydrogens (tertiary/aromatic N) is 2. The molecule has 1 amide bonds. The fourth-order valence-corrected chi connectivity index (χ4v) is 2.06. The Morgan fingerprint density at radius 1 is 1.05 bits per heavy atom. The molecule has 0 atom stereocenters. The highest BCUT2D eigenvalue weighted by Crippen LogP contribution is 2.22. The Balaban J connectivity index is 1.97. The van der Waals surface area contributed by atoms with Crippen molar-refractivity contribution in [2.75, 3.05) is 5.32 Å². The van der Waals surface area contributed by atoms with Gasteiger partial charge in [-0.2, -0.15) is 0 Å². The molecule has 0 unspecified atom stereocenters. The first-order valence-electron chi connectivity index (χ1n) is 6.32. The second kappa shape index (κ2) is 5.09. The van der Waals surface area contributed by atoms with E-state index in [2.05, 4.69) is 15.3 Å². The fraction of sp³-hybridized carbons (Fsp3) is 0.0625. The molecule has 0 fully saturated rings. The highest BCUT2D eigenvalue weighted by Gasteiger charge is 2.08. The van der Waals surface area contributed by atoms with Crippen LogP contribution in [0.2, 0.25) is 0 Å². The number of aromatic nitrogens is 2. The molecule has 0 radical (unpaired) electrons. The monoisotopic (exact) mass is 263 g/mol. The Hall–Kier alpha value is -2.75. The van der Waals surface area contributed by atoms with Crippen molar-refractivity contribution >= 4 is 22.5 Å². The van der Waals surface area contributed by atoms with Crippen LogP contribution in [0.15, 0.2) is 54.9 Å².